The summed E-state index contributed by atoms with van der Waals surface area (Å²) in [7, 11) is 0. The normalized spacial score (nSPS) is 22.5. The molecular weight excluding hydrogens is 356 g/mol. The summed E-state index contributed by atoms with van der Waals surface area (Å²) in [4.78, 5) is 24.1. The molecule has 2 aliphatic carbocycles. The average Bonchev–Trinajstić information content (AvgIpc) is 3.05. The lowest BCUT2D eigenvalue weighted by Gasteiger charge is -2.16. The number of H-pyrrole nitrogens is 1. The molecule has 2 aliphatic rings. The topological polar surface area (TPSA) is 96.1 Å². The van der Waals surface area contributed by atoms with Crippen molar-refractivity contribution in [1.29, 1.82) is 0 Å². The Balaban J connectivity index is 1.26. The molecule has 0 aliphatic heterocycles. The highest BCUT2D eigenvalue weighted by Crippen LogP contribution is 2.37. The van der Waals surface area contributed by atoms with E-state index in [0.29, 0.717) is 12.2 Å². The lowest BCUT2D eigenvalue weighted by molar-refractivity contribution is -0.115. The summed E-state index contributed by atoms with van der Waals surface area (Å²) in [5.41, 5.74) is 1.87. The summed E-state index contributed by atoms with van der Waals surface area (Å²) in [6.07, 6.45) is 4.49. The van der Waals surface area contributed by atoms with E-state index in [0.717, 1.165) is 43.4 Å². The second-order valence-electron chi connectivity index (χ2n) is 8.14. The fourth-order valence-corrected chi connectivity index (χ4v) is 3.65. The second-order valence-corrected chi connectivity index (χ2v) is 8.14. The van der Waals surface area contributed by atoms with Crippen LogP contribution in [-0.4, -0.2) is 33.8 Å². The molecule has 1 heterocycles. The van der Waals surface area contributed by atoms with Gasteiger partial charge in [-0.15, -0.1) is 0 Å². The number of benzene rings is 1. The zero-order chi connectivity index (χ0) is 19.6. The van der Waals surface area contributed by atoms with Gasteiger partial charge in [0, 0.05) is 23.2 Å². The second kappa shape index (κ2) is 7.66. The van der Waals surface area contributed by atoms with Crippen LogP contribution in [0.1, 0.15) is 56.2 Å². The summed E-state index contributed by atoms with van der Waals surface area (Å²) in [5.74, 6) is 0.684. The summed E-state index contributed by atoms with van der Waals surface area (Å²) in [5, 5.41) is 13.0. The fourth-order valence-electron chi connectivity index (χ4n) is 3.65. The minimum atomic E-state index is -0.316. The largest absolute Gasteiger partial charge is 0.446 e. The number of alkyl carbamates (subject to hydrolysis) is 1. The molecule has 0 bridgehead atoms. The number of carbonyl (C=O) groups is 2. The van der Waals surface area contributed by atoms with Crippen LogP contribution in [0.4, 0.5) is 10.6 Å². The Kier molecular flexibility index (Phi) is 5.07. The van der Waals surface area contributed by atoms with Crippen molar-refractivity contribution < 1.29 is 14.3 Å². The van der Waals surface area contributed by atoms with Crippen LogP contribution in [0.25, 0.3) is 0 Å². The molecular formula is C21H26N4O3. The minimum absolute atomic E-state index is 0.0642. The van der Waals surface area contributed by atoms with Crippen molar-refractivity contribution >= 4 is 17.8 Å². The lowest BCUT2D eigenvalue weighted by Crippen LogP contribution is -2.36. The van der Waals surface area contributed by atoms with E-state index in [4.69, 9.17) is 4.74 Å². The maximum Gasteiger partial charge on any atom is 0.407 e. The molecule has 0 radical (unpaired) electrons. The van der Waals surface area contributed by atoms with E-state index in [1.165, 1.54) is 0 Å². The smallest absolute Gasteiger partial charge is 0.407 e. The van der Waals surface area contributed by atoms with E-state index in [9.17, 15) is 9.59 Å². The van der Waals surface area contributed by atoms with Crippen molar-refractivity contribution in [3.05, 3.63) is 47.7 Å². The summed E-state index contributed by atoms with van der Waals surface area (Å²) >= 11 is 0. The standard InChI is InChI=1S/C21H26N4O3/c1-21(9-10-21)23-20(27)28-16-8-7-15(12-16)17-13-18(25-24-17)22-19(26)11-14-5-3-2-4-6-14/h2-6,13,15-16H,7-12H2,1H3,(H,23,27)(H2,22,24,25,26)/t15-,16+/m0/s1. The monoisotopic (exact) mass is 382 g/mol. The number of hydrogen-bond acceptors (Lipinski definition) is 4. The Morgan fingerprint density at radius 1 is 1.25 bits per heavy atom. The predicted octanol–water partition coefficient (Wildman–Crippen LogP) is 3.51. The van der Waals surface area contributed by atoms with Crippen LogP contribution in [0.3, 0.4) is 0 Å². The highest BCUT2D eigenvalue weighted by molar-refractivity contribution is 5.91. The summed E-state index contributed by atoms with van der Waals surface area (Å²) in [6.45, 7) is 2.03. The first-order valence-electron chi connectivity index (χ1n) is 9.87. The van der Waals surface area contributed by atoms with Gasteiger partial charge in [0.05, 0.1) is 6.42 Å². The Morgan fingerprint density at radius 2 is 2.04 bits per heavy atom. The van der Waals surface area contributed by atoms with Crippen molar-refractivity contribution in [2.75, 3.05) is 5.32 Å². The molecule has 2 amide bonds. The van der Waals surface area contributed by atoms with Crippen molar-refractivity contribution in [3.63, 3.8) is 0 Å². The number of hydrogen-bond donors (Lipinski definition) is 3. The van der Waals surface area contributed by atoms with Gasteiger partial charge in [-0.3, -0.25) is 9.89 Å². The molecule has 3 N–H and O–H groups in total. The molecule has 7 nitrogen and oxygen atoms in total. The zero-order valence-corrected chi connectivity index (χ0v) is 16.0. The number of aromatic amines is 1. The SMILES string of the molecule is CC1(NC(=O)O[C@@H]2CC[C@H](c3cc(NC(=O)Cc4ccccc4)n[nH]3)C2)CC1. The predicted molar refractivity (Wildman–Crippen MR) is 105 cm³/mol. The molecule has 0 spiro atoms. The quantitative estimate of drug-likeness (QED) is 0.712. The maximum absolute atomic E-state index is 12.2. The molecule has 0 unspecified atom stereocenters. The molecule has 2 saturated carbocycles. The molecule has 2 fully saturated rings. The molecule has 28 heavy (non-hydrogen) atoms. The number of ether oxygens (including phenoxy) is 1. The number of nitrogens with zero attached hydrogens (tertiary/aromatic N) is 1. The molecule has 1 aromatic carbocycles. The van der Waals surface area contributed by atoms with Gasteiger partial charge in [0.1, 0.15) is 6.10 Å². The van der Waals surface area contributed by atoms with Gasteiger partial charge in [0.15, 0.2) is 5.82 Å². The van der Waals surface area contributed by atoms with Gasteiger partial charge >= 0.3 is 6.09 Å². The molecule has 0 saturated heterocycles. The molecule has 1 aromatic heterocycles. The van der Waals surface area contributed by atoms with Crippen LogP contribution in [-0.2, 0) is 16.0 Å². The van der Waals surface area contributed by atoms with Crippen LogP contribution in [0.2, 0.25) is 0 Å². The fraction of sp³-hybridized carbons (Fsp3) is 0.476. The van der Waals surface area contributed by atoms with E-state index < -0.39 is 0 Å². The van der Waals surface area contributed by atoms with Gasteiger partial charge in [-0.2, -0.15) is 5.10 Å². The number of nitrogens with one attached hydrogen (secondary N) is 3. The van der Waals surface area contributed by atoms with Crippen LogP contribution < -0.4 is 10.6 Å². The number of amides is 2. The van der Waals surface area contributed by atoms with Crippen molar-refractivity contribution in [2.45, 2.75) is 63.0 Å². The highest BCUT2D eigenvalue weighted by atomic mass is 16.6. The third-order valence-electron chi connectivity index (χ3n) is 5.57. The minimum Gasteiger partial charge on any atom is -0.446 e. The zero-order valence-electron chi connectivity index (χ0n) is 16.0. The Morgan fingerprint density at radius 3 is 2.79 bits per heavy atom. The Hall–Kier alpha value is -2.83. The molecule has 2 aromatic rings. The van der Waals surface area contributed by atoms with E-state index >= 15 is 0 Å². The van der Waals surface area contributed by atoms with Crippen LogP contribution in [0.15, 0.2) is 36.4 Å². The molecule has 4 rings (SSSR count). The van der Waals surface area contributed by atoms with Crippen LogP contribution in [0.5, 0.6) is 0 Å². The third-order valence-corrected chi connectivity index (χ3v) is 5.57. The average molecular weight is 382 g/mol. The van der Waals surface area contributed by atoms with Gasteiger partial charge < -0.3 is 15.4 Å². The van der Waals surface area contributed by atoms with Crippen molar-refractivity contribution in [3.8, 4) is 0 Å². The van der Waals surface area contributed by atoms with Gasteiger partial charge in [0.25, 0.3) is 0 Å². The first-order chi connectivity index (χ1) is 13.5. The third kappa shape index (κ3) is 4.71. The van der Waals surface area contributed by atoms with Crippen LogP contribution >= 0.6 is 0 Å². The van der Waals surface area contributed by atoms with Gasteiger partial charge in [-0.25, -0.2) is 4.79 Å². The van der Waals surface area contributed by atoms with Crippen molar-refractivity contribution in [1.82, 2.24) is 15.5 Å². The Labute approximate surface area is 164 Å². The Bertz CT molecular complexity index is 844. The number of anilines is 1. The van der Waals surface area contributed by atoms with E-state index in [1.54, 1.807) is 0 Å². The van der Waals surface area contributed by atoms with Gasteiger partial charge in [-0.1, -0.05) is 30.3 Å². The first-order valence-corrected chi connectivity index (χ1v) is 9.87. The molecule has 148 valence electrons. The number of aromatic nitrogens is 2. The van der Waals surface area contributed by atoms with Crippen molar-refractivity contribution in [2.24, 2.45) is 0 Å². The summed E-state index contributed by atoms with van der Waals surface area (Å²) in [6, 6.07) is 11.5. The number of rotatable bonds is 6. The van der Waals surface area contributed by atoms with E-state index in [-0.39, 0.29) is 29.6 Å². The molecule has 2 atom stereocenters. The number of carbonyl (C=O) groups excluding carboxylic acids is 2. The highest BCUT2D eigenvalue weighted by Gasteiger charge is 2.40. The van der Waals surface area contributed by atoms with Gasteiger partial charge in [-0.05, 0) is 44.6 Å². The first kappa shape index (κ1) is 18.5. The lowest BCUT2D eigenvalue weighted by atomic mass is 10.0. The van der Waals surface area contributed by atoms with Gasteiger partial charge in [0.2, 0.25) is 5.91 Å². The summed E-state index contributed by atoms with van der Waals surface area (Å²) < 4.78 is 5.56. The van der Waals surface area contributed by atoms with Crippen LogP contribution in [0, 0.1) is 0 Å². The van der Waals surface area contributed by atoms with E-state index in [2.05, 4.69) is 20.8 Å². The van der Waals surface area contributed by atoms with E-state index in [1.807, 2.05) is 43.3 Å². The maximum atomic E-state index is 12.2. The molecule has 7 heteroatoms.